The van der Waals surface area contributed by atoms with Crippen LogP contribution in [-0.2, 0) is 4.74 Å². The highest BCUT2D eigenvalue weighted by Gasteiger charge is 2.35. The van der Waals surface area contributed by atoms with Crippen LogP contribution >= 0.6 is 23.2 Å². The SMILES string of the molecule is Cc1cc(C(=O)C=C(c2cc(Cl)cc(Cl)c2)C(F)(F)F)ccc1C(=O)OC(C)(C)C. The van der Waals surface area contributed by atoms with Gasteiger partial charge in [0.05, 0.1) is 11.1 Å². The molecule has 160 valence electrons. The summed E-state index contributed by atoms with van der Waals surface area (Å²) in [5.74, 6) is -1.46. The molecule has 0 bridgehead atoms. The zero-order valence-electron chi connectivity index (χ0n) is 16.7. The van der Waals surface area contributed by atoms with Gasteiger partial charge in [0, 0.05) is 15.6 Å². The fraction of sp³-hybridized carbons (Fsp3) is 0.273. The molecule has 0 N–H and O–H groups in total. The summed E-state index contributed by atoms with van der Waals surface area (Å²) in [6.07, 6.45) is -4.32. The maximum Gasteiger partial charge on any atom is 0.417 e. The average Bonchev–Trinajstić information content (AvgIpc) is 2.55. The van der Waals surface area contributed by atoms with Crippen molar-refractivity contribution < 1.29 is 27.5 Å². The molecular weight excluding hydrogens is 440 g/mol. The van der Waals surface area contributed by atoms with E-state index in [-0.39, 0.29) is 26.7 Å². The van der Waals surface area contributed by atoms with Crippen LogP contribution in [0.2, 0.25) is 10.0 Å². The molecule has 0 atom stereocenters. The van der Waals surface area contributed by atoms with Crippen molar-refractivity contribution in [1.29, 1.82) is 0 Å². The summed E-state index contributed by atoms with van der Waals surface area (Å²) in [6.45, 7) is 6.71. The summed E-state index contributed by atoms with van der Waals surface area (Å²) in [4.78, 5) is 24.8. The Labute approximate surface area is 182 Å². The third-order valence-electron chi connectivity index (χ3n) is 3.88. The largest absolute Gasteiger partial charge is 0.456 e. The van der Waals surface area contributed by atoms with Crippen molar-refractivity contribution in [3.63, 3.8) is 0 Å². The van der Waals surface area contributed by atoms with E-state index < -0.39 is 29.1 Å². The smallest absolute Gasteiger partial charge is 0.417 e. The second-order valence-corrected chi connectivity index (χ2v) is 8.48. The number of carbonyl (C=O) groups excluding carboxylic acids is 2. The maximum absolute atomic E-state index is 13.6. The Hall–Kier alpha value is -2.31. The summed E-state index contributed by atoms with van der Waals surface area (Å²) in [5, 5.41) is 0.0234. The van der Waals surface area contributed by atoms with E-state index in [0.717, 1.165) is 12.1 Å². The molecule has 3 nitrogen and oxygen atoms in total. The molecule has 0 aromatic heterocycles. The molecule has 0 saturated carbocycles. The van der Waals surface area contributed by atoms with Gasteiger partial charge in [-0.15, -0.1) is 0 Å². The lowest BCUT2D eigenvalue weighted by Crippen LogP contribution is -2.24. The number of hydrogen-bond donors (Lipinski definition) is 0. The van der Waals surface area contributed by atoms with Crippen LogP contribution in [0.4, 0.5) is 13.2 Å². The van der Waals surface area contributed by atoms with Gasteiger partial charge in [-0.25, -0.2) is 4.79 Å². The van der Waals surface area contributed by atoms with Crippen LogP contribution in [0, 0.1) is 6.92 Å². The van der Waals surface area contributed by atoms with Crippen LogP contribution in [0.1, 0.15) is 52.6 Å². The van der Waals surface area contributed by atoms with Gasteiger partial charge < -0.3 is 4.74 Å². The number of rotatable bonds is 4. The van der Waals surface area contributed by atoms with Crippen molar-refractivity contribution in [1.82, 2.24) is 0 Å². The molecule has 0 unspecified atom stereocenters. The second kappa shape index (κ2) is 8.82. The summed E-state index contributed by atoms with van der Waals surface area (Å²) in [6, 6.07) is 7.43. The van der Waals surface area contributed by atoms with Gasteiger partial charge in [0.25, 0.3) is 0 Å². The van der Waals surface area contributed by atoms with E-state index in [4.69, 9.17) is 27.9 Å². The van der Waals surface area contributed by atoms with Gasteiger partial charge in [0.1, 0.15) is 5.60 Å². The molecule has 0 radical (unpaired) electrons. The fourth-order valence-electron chi connectivity index (χ4n) is 2.63. The summed E-state index contributed by atoms with van der Waals surface area (Å²) in [7, 11) is 0. The van der Waals surface area contributed by atoms with E-state index in [9.17, 15) is 22.8 Å². The zero-order valence-corrected chi connectivity index (χ0v) is 18.2. The van der Waals surface area contributed by atoms with Crippen molar-refractivity contribution >= 4 is 40.5 Å². The first-order valence-electron chi connectivity index (χ1n) is 8.81. The number of allylic oxidation sites excluding steroid dienone is 2. The number of hydrogen-bond acceptors (Lipinski definition) is 3. The molecule has 8 heteroatoms. The first kappa shape index (κ1) is 24.0. The molecule has 30 heavy (non-hydrogen) atoms. The lowest BCUT2D eigenvalue weighted by atomic mass is 9.98. The summed E-state index contributed by atoms with van der Waals surface area (Å²) in [5.41, 5.74) is -1.58. The van der Waals surface area contributed by atoms with Crippen molar-refractivity contribution in [2.45, 2.75) is 39.5 Å². The first-order valence-corrected chi connectivity index (χ1v) is 9.56. The molecule has 0 saturated heterocycles. The van der Waals surface area contributed by atoms with Gasteiger partial charge >= 0.3 is 12.1 Å². The predicted molar refractivity (Wildman–Crippen MR) is 111 cm³/mol. The van der Waals surface area contributed by atoms with Crippen LogP contribution < -0.4 is 0 Å². The Morgan fingerprint density at radius 1 is 0.933 bits per heavy atom. The molecule has 0 aliphatic carbocycles. The summed E-state index contributed by atoms with van der Waals surface area (Å²) < 4.78 is 46.0. The lowest BCUT2D eigenvalue weighted by molar-refractivity contribution is -0.0689. The predicted octanol–water partition coefficient (Wildman–Crippen LogP) is 7.09. The van der Waals surface area contributed by atoms with Gasteiger partial charge in [-0.1, -0.05) is 29.3 Å². The molecule has 2 aromatic carbocycles. The summed E-state index contributed by atoms with van der Waals surface area (Å²) >= 11 is 11.6. The highest BCUT2D eigenvalue weighted by molar-refractivity contribution is 6.35. The number of alkyl halides is 3. The molecule has 2 aromatic rings. The topological polar surface area (TPSA) is 43.4 Å². The number of ketones is 1. The number of ether oxygens (including phenoxy) is 1. The van der Waals surface area contributed by atoms with Gasteiger partial charge in [-0.2, -0.15) is 13.2 Å². The van der Waals surface area contributed by atoms with Gasteiger partial charge in [0.15, 0.2) is 5.78 Å². The quantitative estimate of drug-likeness (QED) is 0.279. The molecule has 0 spiro atoms. The highest BCUT2D eigenvalue weighted by Crippen LogP contribution is 2.36. The molecule has 0 aliphatic heterocycles. The minimum absolute atomic E-state index is 0.00492. The lowest BCUT2D eigenvalue weighted by Gasteiger charge is -2.20. The Balaban J connectivity index is 2.43. The Morgan fingerprint density at radius 2 is 1.50 bits per heavy atom. The standard InChI is InChI=1S/C22H19Cl2F3O3/c1-12-7-13(5-6-17(12)20(29)30-21(2,3)4)19(28)11-18(22(25,26)27)14-8-15(23)10-16(24)9-14/h5-11H,1-4H3. The van der Waals surface area contributed by atoms with Gasteiger partial charge in [-0.05, 0) is 75.2 Å². The monoisotopic (exact) mass is 458 g/mol. The molecule has 0 heterocycles. The minimum atomic E-state index is -4.81. The Bertz CT molecular complexity index is 999. The maximum atomic E-state index is 13.6. The van der Waals surface area contributed by atoms with Crippen LogP contribution in [-0.4, -0.2) is 23.5 Å². The number of carbonyl (C=O) groups is 2. The highest BCUT2D eigenvalue weighted by atomic mass is 35.5. The zero-order chi connectivity index (χ0) is 22.9. The number of esters is 1. The number of halogens is 5. The normalized spacial score (nSPS) is 12.6. The number of aryl methyl sites for hydroxylation is 1. The van der Waals surface area contributed by atoms with Crippen LogP contribution in [0.15, 0.2) is 42.5 Å². The van der Waals surface area contributed by atoms with Crippen molar-refractivity contribution in [2.24, 2.45) is 0 Å². The minimum Gasteiger partial charge on any atom is -0.456 e. The van der Waals surface area contributed by atoms with E-state index in [1.54, 1.807) is 27.7 Å². The van der Waals surface area contributed by atoms with Crippen molar-refractivity contribution in [2.75, 3.05) is 0 Å². The van der Waals surface area contributed by atoms with Crippen molar-refractivity contribution in [3.05, 3.63) is 74.8 Å². The third kappa shape index (κ3) is 6.34. The van der Waals surface area contributed by atoms with Crippen LogP contribution in [0.5, 0.6) is 0 Å². The Kier molecular flexibility index (Phi) is 7.05. The van der Waals surface area contributed by atoms with E-state index >= 15 is 0 Å². The van der Waals surface area contributed by atoms with E-state index in [2.05, 4.69) is 0 Å². The molecule has 2 rings (SSSR count). The van der Waals surface area contributed by atoms with E-state index in [1.165, 1.54) is 24.3 Å². The van der Waals surface area contributed by atoms with Crippen LogP contribution in [0.3, 0.4) is 0 Å². The first-order chi connectivity index (χ1) is 13.7. The number of benzene rings is 2. The molecular formula is C22H19Cl2F3O3. The van der Waals surface area contributed by atoms with E-state index in [1.807, 2.05) is 0 Å². The Morgan fingerprint density at radius 3 is 1.97 bits per heavy atom. The molecule has 0 fully saturated rings. The molecule has 0 amide bonds. The third-order valence-corrected chi connectivity index (χ3v) is 4.32. The van der Waals surface area contributed by atoms with Gasteiger partial charge in [0.2, 0.25) is 0 Å². The van der Waals surface area contributed by atoms with Crippen molar-refractivity contribution in [3.8, 4) is 0 Å². The molecule has 0 aliphatic rings. The fourth-order valence-corrected chi connectivity index (χ4v) is 3.16. The van der Waals surface area contributed by atoms with Crippen LogP contribution in [0.25, 0.3) is 5.57 Å². The van der Waals surface area contributed by atoms with E-state index in [0.29, 0.717) is 11.6 Å². The average molecular weight is 459 g/mol. The van der Waals surface area contributed by atoms with Gasteiger partial charge in [-0.3, -0.25) is 4.79 Å². The second-order valence-electron chi connectivity index (χ2n) is 7.61.